The van der Waals surface area contributed by atoms with Crippen LogP contribution in [0.1, 0.15) is 12.0 Å². The van der Waals surface area contributed by atoms with Gasteiger partial charge in [0.15, 0.2) is 0 Å². The number of halogens is 2. The van der Waals surface area contributed by atoms with Crippen LogP contribution in [-0.4, -0.2) is 24.9 Å². The quantitative estimate of drug-likeness (QED) is 0.869. The Labute approximate surface area is 99.8 Å². The van der Waals surface area contributed by atoms with Gasteiger partial charge >= 0.3 is 0 Å². The summed E-state index contributed by atoms with van der Waals surface area (Å²) in [7, 11) is 1.57. The Hall–Kier alpha value is -0.280. The van der Waals surface area contributed by atoms with E-state index in [1.165, 1.54) is 0 Å². The van der Waals surface area contributed by atoms with Crippen molar-refractivity contribution in [1.29, 1.82) is 0 Å². The lowest BCUT2D eigenvalue weighted by Crippen LogP contribution is -2.14. The number of benzene rings is 1. The van der Waals surface area contributed by atoms with Crippen molar-refractivity contribution in [3.8, 4) is 0 Å². The Morgan fingerprint density at radius 3 is 2.67 bits per heavy atom. The molecule has 0 aliphatic heterocycles. The third-order valence-electron chi connectivity index (χ3n) is 2.11. The molecular formula is C11H14Cl2O2. The van der Waals surface area contributed by atoms with Gasteiger partial charge in [-0.1, -0.05) is 29.3 Å². The van der Waals surface area contributed by atoms with Gasteiger partial charge in [-0.15, -0.1) is 0 Å². The number of methoxy groups -OCH3 is 1. The highest BCUT2D eigenvalue weighted by molar-refractivity contribution is 6.42. The summed E-state index contributed by atoms with van der Waals surface area (Å²) in [6.07, 6.45) is 0.997. The minimum atomic E-state index is -0.426. The van der Waals surface area contributed by atoms with E-state index in [9.17, 15) is 5.11 Å². The molecule has 0 bridgehead atoms. The number of aryl methyl sites for hydroxylation is 1. The van der Waals surface area contributed by atoms with Gasteiger partial charge in [0.05, 0.1) is 22.8 Å². The molecule has 0 fully saturated rings. The largest absolute Gasteiger partial charge is 0.391 e. The van der Waals surface area contributed by atoms with Gasteiger partial charge in [0.2, 0.25) is 0 Å². The van der Waals surface area contributed by atoms with E-state index >= 15 is 0 Å². The number of aliphatic hydroxyl groups is 1. The molecule has 0 aliphatic rings. The van der Waals surface area contributed by atoms with Gasteiger partial charge in [-0.25, -0.2) is 0 Å². The molecule has 0 spiro atoms. The summed E-state index contributed by atoms with van der Waals surface area (Å²) in [6, 6.07) is 5.50. The van der Waals surface area contributed by atoms with Crippen LogP contribution >= 0.6 is 23.2 Å². The molecule has 1 unspecified atom stereocenters. The van der Waals surface area contributed by atoms with Crippen LogP contribution in [0.5, 0.6) is 0 Å². The van der Waals surface area contributed by atoms with Gasteiger partial charge in [0.25, 0.3) is 0 Å². The second-order valence-electron chi connectivity index (χ2n) is 3.40. The first-order chi connectivity index (χ1) is 7.13. The number of hydrogen-bond acceptors (Lipinski definition) is 2. The van der Waals surface area contributed by atoms with Gasteiger partial charge in [0.1, 0.15) is 0 Å². The first-order valence-corrected chi connectivity index (χ1v) is 5.50. The highest BCUT2D eigenvalue weighted by Gasteiger charge is 2.05. The van der Waals surface area contributed by atoms with Crippen LogP contribution in [0.25, 0.3) is 0 Å². The second-order valence-corrected chi connectivity index (χ2v) is 4.21. The number of ether oxygens (including phenoxy) is 1. The van der Waals surface area contributed by atoms with Crippen molar-refractivity contribution in [2.45, 2.75) is 18.9 Å². The first-order valence-electron chi connectivity index (χ1n) is 4.74. The fourth-order valence-electron chi connectivity index (χ4n) is 1.30. The Bertz CT molecular complexity index is 315. The molecule has 1 N–H and O–H groups in total. The van der Waals surface area contributed by atoms with E-state index in [1.807, 2.05) is 12.1 Å². The standard InChI is InChI=1S/C11H14Cl2O2/c1-15-7-9(14)4-2-8-3-5-10(12)11(13)6-8/h3,5-6,9,14H,2,4,7H2,1H3. The molecule has 15 heavy (non-hydrogen) atoms. The predicted octanol–water partition coefficient (Wildman–Crippen LogP) is 2.93. The van der Waals surface area contributed by atoms with E-state index in [4.69, 9.17) is 27.9 Å². The van der Waals surface area contributed by atoms with Crippen LogP contribution in [0.3, 0.4) is 0 Å². The Kier molecular flexibility index (Phi) is 5.40. The normalized spacial score (nSPS) is 12.8. The van der Waals surface area contributed by atoms with Crippen molar-refractivity contribution >= 4 is 23.2 Å². The maximum atomic E-state index is 9.45. The molecule has 2 nitrogen and oxygen atoms in total. The summed E-state index contributed by atoms with van der Waals surface area (Å²) in [4.78, 5) is 0. The van der Waals surface area contributed by atoms with E-state index in [-0.39, 0.29) is 0 Å². The molecule has 0 aromatic heterocycles. The molecule has 1 atom stereocenters. The fourth-order valence-corrected chi connectivity index (χ4v) is 1.62. The van der Waals surface area contributed by atoms with Gasteiger partial charge in [0, 0.05) is 7.11 Å². The maximum absolute atomic E-state index is 9.45. The molecular weight excluding hydrogens is 235 g/mol. The monoisotopic (exact) mass is 248 g/mol. The minimum absolute atomic E-state index is 0.362. The molecule has 0 heterocycles. The zero-order valence-corrected chi connectivity index (χ0v) is 10.1. The average Bonchev–Trinajstić information content (AvgIpc) is 2.20. The van der Waals surface area contributed by atoms with E-state index in [1.54, 1.807) is 13.2 Å². The van der Waals surface area contributed by atoms with Crippen LogP contribution in [0.2, 0.25) is 10.0 Å². The number of hydrogen-bond donors (Lipinski definition) is 1. The van der Waals surface area contributed by atoms with Crippen LogP contribution in [0.15, 0.2) is 18.2 Å². The molecule has 0 saturated carbocycles. The molecule has 1 aromatic rings. The van der Waals surface area contributed by atoms with Crippen molar-refractivity contribution in [1.82, 2.24) is 0 Å². The van der Waals surface area contributed by atoms with Crippen LogP contribution in [-0.2, 0) is 11.2 Å². The van der Waals surface area contributed by atoms with E-state index in [0.29, 0.717) is 23.1 Å². The van der Waals surface area contributed by atoms with Gasteiger partial charge < -0.3 is 9.84 Å². The first kappa shape index (κ1) is 12.8. The van der Waals surface area contributed by atoms with Gasteiger partial charge in [-0.05, 0) is 30.5 Å². The van der Waals surface area contributed by atoms with Crippen molar-refractivity contribution in [2.75, 3.05) is 13.7 Å². The molecule has 1 aromatic carbocycles. The zero-order chi connectivity index (χ0) is 11.3. The lowest BCUT2D eigenvalue weighted by molar-refractivity contribution is 0.0595. The van der Waals surface area contributed by atoms with E-state index in [2.05, 4.69) is 0 Å². The van der Waals surface area contributed by atoms with E-state index < -0.39 is 6.10 Å². The van der Waals surface area contributed by atoms with E-state index in [0.717, 1.165) is 12.0 Å². The summed E-state index contributed by atoms with van der Waals surface area (Å²) >= 11 is 11.7. The zero-order valence-electron chi connectivity index (χ0n) is 8.54. The smallest absolute Gasteiger partial charge is 0.0776 e. The van der Waals surface area contributed by atoms with Crippen molar-refractivity contribution in [3.05, 3.63) is 33.8 Å². The summed E-state index contributed by atoms with van der Waals surface area (Å²) in [5.74, 6) is 0. The Balaban J connectivity index is 2.47. The van der Waals surface area contributed by atoms with Crippen LogP contribution in [0.4, 0.5) is 0 Å². The Morgan fingerprint density at radius 2 is 2.07 bits per heavy atom. The number of rotatable bonds is 5. The van der Waals surface area contributed by atoms with Crippen LogP contribution in [0, 0.1) is 0 Å². The van der Waals surface area contributed by atoms with Crippen molar-refractivity contribution < 1.29 is 9.84 Å². The third-order valence-corrected chi connectivity index (χ3v) is 2.85. The average molecular weight is 249 g/mol. The minimum Gasteiger partial charge on any atom is -0.391 e. The summed E-state index contributed by atoms with van der Waals surface area (Å²) in [6.45, 7) is 0.362. The van der Waals surface area contributed by atoms with Crippen LogP contribution < -0.4 is 0 Å². The molecule has 0 aliphatic carbocycles. The topological polar surface area (TPSA) is 29.5 Å². The summed E-state index contributed by atoms with van der Waals surface area (Å²) in [5, 5.41) is 10.6. The maximum Gasteiger partial charge on any atom is 0.0776 e. The van der Waals surface area contributed by atoms with Gasteiger partial charge in [-0.3, -0.25) is 0 Å². The summed E-state index contributed by atoms with van der Waals surface area (Å²) in [5.41, 5.74) is 1.07. The summed E-state index contributed by atoms with van der Waals surface area (Å²) < 4.78 is 4.84. The van der Waals surface area contributed by atoms with Crippen molar-refractivity contribution in [3.63, 3.8) is 0 Å². The highest BCUT2D eigenvalue weighted by Crippen LogP contribution is 2.23. The molecule has 1 rings (SSSR count). The molecule has 84 valence electrons. The lowest BCUT2D eigenvalue weighted by atomic mass is 10.1. The lowest BCUT2D eigenvalue weighted by Gasteiger charge is -2.09. The van der Waals surface area contributed by atoms with Gasteiger partial charge in [-0.2, -0.15) is 0 Å². The SMILES string of the molecule is COCC(O)CCc1ccc(Cl)c(Cl)c1. The molecule has 0 radical (unpaired) electrons. The highest BCUT2D eigenvalue weighted by atomic mass is 35.5. The second kappa shape index (κ2) is 6.33. The molecule has 4 heteroatoms. The third kappa shape index (κ3) is 4.39. The number of aliphatic hydroxyl groups excluding tert-OH is 1. The molecule has 0 saturated heterocycles. The van der Waals surface area contributed by atoms with Crippen molar-refractivity contribution in [2.24, 2.45) is 0 Å². The predicted molar refractivity (Wildman–Crippen MR) is 62.7 cm³/mol. The Morgan fingerprint density at radius 1 is 1.33 bits per heavy atom. The molecule has 0 amide bonds. The fraction of sp³-hybridized carbons (Fsp3) is 0.455.